The van der Waals surface area contributed by atoms with Crippen LogP contribution in [0.5, 0.6) is 0 Å². The molecule has 0 aliphatic carbocycles. The molecule has 1 N–H and O–H groups in total. The van der Waals surface area contributed by atoms with Gasteiger partial charge in [0.15, 0.2) is 0 Å². The zero-order valence-electron chi connectivity index (χ0n) is 16.9. The van der Waals surface area contributed by atoms with Gasteiger partial charge in [-0.3, -0.25) is 4.90 Å². The van der Waals surface area contributed by atoms with E-state index < -0.39 is 0 Å². The summed E-state index contributed by atoms with van der Waals surface area (Å²) in [5.74, 6) is 0.835. The van der Waals surface area contributed by atoms with Gasteiger partial charge in [0.1, 0.15) is 5.82 Å². The summed E-state index contributed by atoms with van der Waals surface area (Å²) in [6.45, 7) is 9.89. The number of nitrogens with zero attached hydrogens (tertiary/aromatic N) is 3. The van der Waals surface area contributed by atoms with Gasteiger partial charge in [-0.2, -0.15) is 0 Å². The van der Waals surface area contributed by atoms with E-state index in [9.17, 15) is 0 Å². The first-order valence-electron chi connectivity index (χ1n) is 10.6. The third-order valence-electron chi connectivity index (χ3n) is 5.22. The second-order valence-electron chi connectivity index (χ2n) is 7.41. The van der Waals surface area contributed by atoms with Crippen LogP contribution >= 0.6 is 0 Å². The summed E-state index contributed by atoms with van der Waals surface area (Å²) in [6, 6.07) is 0.341. The van der Waals surface area contributed by atoms with Crippen molar-refractivity contribution in [3.8, 4) is 0 Å². The molecule has 0 bridgehead atoms. The summed E-state index contributed by atoms with van der Waals surface area (Å²) in [6.07, 6.45) is 14.9. The molecule has 1 saturated heterocycles. The molecule has 1 aliphatic heterocycles. The molecule has 148 valence electrons. The van der Waals surface area contributed by atoms with Gasteiger partial charge in [0.05, 0.1) is 19.3 Å². The molecule has 0 amide bonds. The van der Waals surface area contributed by atoms with E-state index in [0.717, 1.165) is 45.2 Å². The van der Waals surface area contributed by atoms with Crippen LogP contribution in [0.2, 0.25) is 0 Å². The Morgan fingerprint density at radius 1 is 1.00 bits per heavy atom. The SMILES string of the molecule is CCCCCCCCCCNCC(c1cnc(C)nc1)N1CCOCC1. The summed E-state index contributed by atoms with van der Waals surface area (Å²) >= 11 is 0. The Morgan fingerprint density at radius 2 is 1.62 bits per heavy atom. The van der Waals surface area contributed by atoms with E-state index in [1.165, 1.54) is 56.9 Å². The molecule has 1 aromatic rings. The van der Waals surface area contributed by atoms with Crippen LogP contribution in [-0.4, -0.2) is 54.3 Å². The highest BCUT2D eigenvalue weighted by Crippen LogP contribution is 2.20. The van der Waals surface area contributed by atoms with Crippen molar-refractivity contribution in [2.45, 2.75) is 71.3 Å². The number of morpholine rings is 1. The maximum absolute atomic E-state index is 5.52. The summed E-state index contributed by atoms with van der Waals surface area (Å²) < 4.78 is 5.52. The first kappa shape index (κ1) is 21.3. The molecule has 2 rings (SSSR count). The quantitative estimate of drug-likeness (QED) is 0.540. The fourth-order valence-corrected chi connectivity index (χ4v) is 3.54. The predicted octanol–water partition coefficient (Wildman–Crippen LogP) is 3.89. The van der Waals surface area contributed by atoms with E-state index in [1.807, 2.05) is 19.3 Å². The lowest BCUT2D eigenvalue weighted by molar-refractivity contribution is 0.0160. The lowest BCUT2D eigenvalue weighted by Crippen LogP contribution is -2.43. The molecule has 0 radical (unpaired) electrons. The molecule has 1 aromatic heterocycles. The number of ether oxygens (including phenoxy) is 1. The lowest BCUT2D eigenvalue weighted by Gasteiger charge is -2.34. The minimum Gasteiger partial charge on any atom is -0.379 e. The second-order valence-corrected chi connectivity index (χ2v) is 7.41. The van der Waals surface area contributed by atoms with E-state index in [0.29, 0.717) is 6.04 Å². The Bertz CT molecular complexity index is 460. The molecule has 1 fully saturated rings. The molecule has 1 unspecified atom stereocenters. The normalized spacial score (nSPS) is 16.7. The molecule has 5 heteroatoms. The molecule has 1 aliphatic rings. The average Bonchev–Trinajstić information content (AvgIpc) is 2.68. The number of hydrogen-bond acceptors (Lipinski definition) is 5. The van der Waals surface area contributed by atoms with E-state index in [1.54, 1.807) is 0 Å². The first-order valence-corrected chi connectivity index (χ1v) is 10.6. The molecule has 0 spiro atoms. The van der Waals surface area contributed by atoms with Crippen molar-refractivity contribution in [2.75, 3.05) is 39.4 Å². The number of hydrogen-bond donors (Lipinski definition) is 1. The molecule has 2 heterocycles. The van der Waals surface area contributed by atoms with Crippen LogP contribution in [0.3, 0.4) is 0 Å². The lowest BCUT2D eigenvalue weighted by atomic mass is 10.1. The zero-order valence-corrected chi connectivity index (χ0v) is 16.9. The maximum atomic E-state index is 5.52. The fourth-order valence-electron chi connectivity index (χ4n) is 3.54. The summed E-state index contributed by atoms with van der Waals surface area (Å²) in [7, 11) is 0. The van der Waals surface area contributed by atoms with Crippen LogP contribution in [0.15, 0.2) is 12.4 Å². The largest absolute Gasteiger partial charge is 0.379 e. The number of aromatic nitrogens is 2. The minimum absolute atomic E-state index is 0.341. The van der Waals surface area contributed by atoms with Crippen molar-refractivity contribution >= 4 is 0 Å². The van der Waals surface area contributed by atoms with E-state index in [4.69, 9.17) is 4.74 Å². The Balaban J connectivity index is 1.67. The van der Waals surface area contributed by atoms with Gasteiger partial charge in [-0.15, -0.1) is 0 Å². The van der Waals surface area contributed by atoms with Gasteiger partial charge in [0.25, 0.3) is 0 Å². The molecule has 26 heavy (non-hydrogen) atoms. The summed E-state index contributed by atoms with van der Waals surface area (Å²) in [5.41, 5.74) is 1.21. The third-order valence-corrected chi connectivity index (χ3v) is 5.22. The monoisotopic (exact) mass is 362 g/mol. The molecule has 0 saturated carbocycles. The van der Waals surface area contributed by atoms with Crippen LogP contribution in [-0.2, 0) is 4.74 Å². The van der Waals surface area contributed by atoms with Gasteiger partial charge in [-0.05, 0) is 19.9 Å². The summed E-state index contributed by atoms with van der Waals surface area (Å²) in [5, 5.41) is 3.67. The third kappa shape index (κ3) is 8.11. The van der Waals surface area contributed by atoms with Gasteiger partial charge in [0, 0.05) is 37.6 Å². The van der Waals surface area contributed by atoms with Gasteiger partial charge >= 0.3 is 0 Å². The molecule has 0 aromatic carbocycles. The van der Waals surface area contributed by atoms with Crippen LogP contribution in [0.25, 0.3) is 0 Å². The van der Waals surface area contributed by atoms with Crippen molar-refractivity contribution < 1.29 is 4.74 Å². The van der Waals surface area contributed by atoms with Gasteiger partial charge in [-0.25, -0.2) is 9.97 Å². The maximum Gasteiger partial charge on any atom is 0.125 e. The molecular weight excluding hydrogens is 324 g/mol. The van der Waals surface area contributed by atoms with Gasteiger partial charge in [-0.1, -0.05) is 51.9 Å². The van der Waals surface area contributed by atoms with Gasteiger partial charge in [0.2, 0.25) is 0 Å². The number of aryl methyl sites for hydroxylation is 1. The average molecular weight is 363 g/mol. The Morgan fingerprint density at radius 3 is 2.27 bits per heavy atom. The summed E-state index contributed by atoms with van der Waals surface area (Å²) in [4.78, 5) is 11.3. The van der Waals surface area contributed by atoms with E-state index >= 15 is 0 Å². The highest BCUT2D eigenvalue weighted by atomic mass is 16.5. The predicted molar refractivity (Wildman–Crippen MR) is 107 cm³/mol. The highest BCUT2D eigenvalue weighted by molar-refractivity contribution is 5.12. The number of unbranched alkanes of at least 4 members (excludes halogenated alkanes) is 7. The Hall–Kier alpha value is -1.04. The Labute approximate surface area is 159 Å². The topological polar surface area (TPSA) is 50.3 Å². The van der Waals surface area contributed by atoms with Crippen molar-refractivity contribution in [1.29, 1.82) is 0 Å². The van der Waals surface area contributed by atoms with Crippen molar-refractivity contribution in [3.63, 3.8) is 0 Å². The minimum atomic E-state index is 0.341. The van der Waals surface area contributed by atoms with Gasteiger partial charge < -0.3 is 10.1 Å². The van der Waals surface area contributed by atoms with Crippen LogP contribution in [0.1, 0.15) is 75.7 Å². The van der Waals surface area contributed by atoms with Crippen LogP contribution in [0.4, 0.5) is 0 Å². The number of nitrogens with one attached hydrogen (secondary N) is 1. The zero-order chi connectivity index (χ0) is 18.5. The first-order chi connectivity index (χ1) is 12.8. The van der Waals surface area contributed by atoms with Crippen molar-refractivity contribution in [2.24, 2.45) is 0 Å². The molecule has 5 nitrogen and oxygen atoms in total. The smallest absolute Gasteiger partial charge is 0.125 e. The van der Waals surface area contributed by atoms with Crippen molar-refractivity contribution in [3.05, 3.63) is 23.8 Å². The highest BCUT2D eigenvalue weighted by Gasteiger charge is 2.22. The van der Waals surface area contributed by atoms with Crippen molar-refractivity contribution in [1.82, 2.24) is 20.2 Å². The molecular formula is C21H38N4O. The fraction of sp³-hybridized carbons (Fsp3) is 0.810. The van der Waals surface area contributed by atoms with E-state index in [-0.39, 0.29) is 0 Å². The van der Waals surface area contributed by atoms with Crippen LogP contribution < -0.4 is 5.32 Å². The number of rotatable bonds is 13. The van der Waals surface area contributed by atoms with E-state index in [2.05, 4.69) is 27.1 Å². The standard InChI is InChI=1S/C21H38N4O/c1-3-4-5-6-7-8-9-10-11-22-18-21(25-12-14-26-15-13-25)20-16-23-19(2)24-17-20/h16-17,21-22H,3-15,18H2,1-2H3. The molecule has 1 atom stereocenters. The second kappa shape index (κ2) is 13.2. The Kier molecular flexibility index (Phi) is 10.8. The van der Waals surface area contributed by atoms with Crippen LogP contribution in [0, 0.1) is 6.92 Å².